The first-order valence-corrected chi connectivity index (χ1v) is 16.6. The molecule has 0 N–H and O–H groups in total. The van der Waals surface area contributed by atoms with Gasteiger partial charge in [-0.15, -0.1) is 0 Å². The molecule has 4 heteroatoms. The standard InChI is InChI=1S/2C8H11.C2H6Si.2ClH.Ti/c2*1-6-4-7(2)8(3)5-6;1-3-2;;;/h2*4-5H,1-3H3;1-2H3;2*1H;/q2*-1;;;;+2/p-2. The molecule has 0 saturated heterocycles. The largest absolute Gasteiger partial charge is 0.208 e. The van der Waals surface area contributed by atoms with Crippen LogP contribution in [0.2, 0.25) is 13.1 Å². The van der Waals surface area contributed by atoms with Crippen molar-refractivity contribution in [2.45, 2.75) is 54.6 Å². The minimum Gasteiger partial charge on any atom is -0.208 e. The summed E-state index contributed by atoms with van der Waals surface area (Å²) < 4.78 is 0. The topological polar surface area (TPSA) is 0 Å². The van der Waals surface area contributed by atoms with Crippen molar-refractivity contribution in [2.24, 2.45) is 0 Å². The fourth-order valence-electron chi connectivity index (χ4n) is 1.90. The van der Waals surface area contributed by atoms with Gasteiger partial charge >= 0.3 is 52.4 Å². The van der Waals surface area contributed by atoms with Crippen LogP contribution in [0, 0.1) is 41.5 Å². The molecule has 0 unspecified atom stereocenters. The van der Waals surface area contributed by atoms with Crippen molar-refractivity contribution in [3.05, 3.63) is 57.6 Å². The molecule has 0 fully saturated rings. The van der Waals surface area contributed by atoms with Gasteiger partial charge in [-0.3, -0.25) is 0 Å². The van der Waals surface area contributed by atoms with Crippen LogP contribution in [0.15, 0.2) is 24.3 Å². The second-order valence-corrected chi connectivity index (χ2v) is 22.1. The third kappa shape index (κ3) is 9.37. The van der Waals surface area contributed by atoms with Crippen molar-refractivity contribution < 1.29 is 14.5 Å². The second-order valence-electron chi connectivity index (χ2n) is 6.06. The molecule has 0 aliphatic carbocycles. The molecular formula is C18H28Cl2SiTi-2. The summed E-state index contributed by atoms with van der Waals surface area (Å²) in [4.78, 5) is 0. The summed E-state index contributed by atoms with van der Waals surface area (Å²) in [7, 11) is 11.2. The second kappa shape index (κ2) is 10.9. The fourth-order valence-corrected chi connectivity index (χ4v) is 1.90. The van der Waals surface area contributed by atoms with Crippen molar-refractivity contribution in [3.63, 3.8) is 0 Å². The molecule has 0 amide bonds. The first kappa shape index (κ1) is 22.2. The maximum absolute atomic E-state index is 5.59. The van der Waals surface area contributed by atoms with Crippen LogP contribution in [0.4, 0.5) is 0 Å². The maximum Gasteiger partial charge on any atom is -0.0632 e. The number of aryl methyl sites for hydroxylation is 6. The molecule has 2 rings (SSSR count). The van der Waals surface area contributed by atoms with Crippen molar-refractivity contribution >= 4 is 24.8 Å². The average molecular weight is 391 g/mol. The van der Waals surface area contributed by atoms with Gasteiger partial charge in [-0.05, 0) is 0 Å². The Hall–Kier alpha value is 0.211. The van der Waals surface area contributed by atoms with Gasteiger partial charge in [0, 0.05) is 0 Å². The SMILES string of the molecule is C[Si](C)=[Ti]([Cl])[Cl].Cc1cc(C)c(C)[cH-]1.Cc1cc(C)c(C)[cH-]1. The molecule has 124 valence electrons. The summed E-state index contributed by atoms with van der Waals surface area (Å²) in [5, 5.41) is 0. The molecule has 0 aliphatic heterocycles. The monoisotopic (exact) mass is 390 g/mol. The van der Waals surface area contributed by atoms with Crippen LogP contribution in [0.1, 0.15) is 33.4 Å². The zero-order valence-electron chi connectivity index (χ0n) is 15.1. The van der Waals surface area contributed by atoms with Crippen molar-refractivity contribution in [1.82, 2.24) is 0 Å². The molecule has 0 radical (unpaired) electrons. The van der Waals surface area contributed by atoms with Gasteiger partial charge in [0.05, 0.1) is 0 Å². The van der Waals surface area contributed by atoms with E-state index in [1.54, 1.807) is 0 Å². The summed E-state index contributed by atoms with van der Waals surface area (Å²) in [6.07, 6.45) is -0.254. The molecule has 0 heterocycles. The Morgan fingerprint density at radius 3 is 1.09 bits per heavy atom. The van der Waals surface area contributed by atoms with Crippen LogP contribution >= 0.6 is 18.6 Å². The van der Waals surface area contributed by atoms with Crippen LogP contribution in [-0.4, -0.2) is 6.19 Å². The van der Waals surface area contributed by atoms with E-state index >= 15 is 0 Å². The molecule has 0 aromatic heterocycles. The van der Waals surface area contributed by atoms with Crippen molar-refractivity contribution in [2.75, 3.05) is 0 Å². The fraction of sp³-hybridized carbons (Fsp3) is 0.444. The molecule has 0 spiro atoms. The molecular weight excluding hydrogens is 363 g/mol. The normalized spacial score (nSPS) is 9.36. The van der Waals surface area contributed by atoms with E-state index in [2.05, 4.69) is 78.9 Å². The molecule has 0 saturated carbocycles. The van der Waals surface area contributed by atoms with Crippen LogP contribution in [0.25, 0.3) is 0 Å². The number of hydrogen-bond acceptors (Lipinski definition) is 0. The number of halogens is 2. The first-order valence-electron chi connectivity index (χ1n) is 7.44. The van der Waals surface area contributed by atoms with Gasteiger partial charge < -0.3 is 0 Å². The smallest absolute Gasteiger partial charge is 0.0632 e. The van der Waals surface area contributed by atoms with Gasteiger partial charge in [-0.1, -0.05) is 41.5 Å². The van der Waals surface area contributed by atoms with E-state index < -0.39 is 14.5 Å². The molecule has 0 bridgehead atoms. The molecule has 22 heavy (non-hydrogen) atoms. The van der Waals surface area contributed by atoms with Gasteiger partial charge in [-0.2, -0.15) is 45.5 Å². The van der Waals surface area contributed by atoms with Crippen LogP contribution in [0.3, 0.4) is 0 Å². The predicted molar refractivity (Wildman–Crippen MR) is 102 cm³/mol. The summed E-state index contributed by atoms with van der Waals surface area (Å²) in [6, 6.07) is 8.81. The summed E-state index contributed by atoms with van der Waals surface area (Å²) in [6.45, 7) is 17.1. The number of rotatable bonds is 0. The Labute approximate surface area is 151 Å². The van der Waals surface area contributed by atoms with E-state index in [0.717, 1.165) is 0 Å². The van der Waals surface area contributed by atoms with E-state index in [4.69, 9.17) is 18.6 Å². The minimum atomic E-state index is -1.42. The van der Waals surface area contributed by atoms with Gasteiger partial charge in [0.25, 0.3) is 0 Å². The third-order valence-corrected chi connectivity index (χ3v) is 17.0. The quantitative estimate of drug-likeness (QED) is 0.341. The third-order valence-electron chi connectivity index (χ3n) is 3.40. The minimum absolute atomic E-state index is 0.254. The van der Waals surface area contributed by atoms with Crippen LogP contribution in [-0.2, 0) is 14.5 Å². The predicted octanol–water partition coefficient (Wildman–Crippen LogP) is 6.82. The number of hydrogen-bond donors (Lipinski definition) is 0. The molecule has 0 aliphatic rings. The molecule has 2 aromatic rings. The zero-order valence-corrected chi connectivity index (χ0v) is 19.1. The molecule has 0 nitrogen and oxygen atoms in total. The Bertz CT molecular complexity index is 520. The Morgan fingerprint density at radius 2 is 1.05 bits per heavy atom. The van der Waals surface area contributed by atoms with E-state index in [0.29, 0.717) is 0 Å². The van der Waals surface area contributed by atoms with Gasteiger partial charge in [-0.25, -0.2) is 12.1 Å². The van der Waals surface area contributed by atoms with Crippen molar-refractivity contribution in [1.29, 1.82) is 0 Å². The molecule has 2 aromatic carbocycles. The van der Waals surface area contributed by atoms with E-state index in [1.165, 1.54) is 33.4 Å². The zero-order chi connectivity index (χ0) is 17.4. The van der Waals surface area contributed by atoms with Gasteiger partial charge in [0.15, 0.2) is 0 Å². The Kier molecular flexibility index (Phi) is 11.0. The summed E-state index contributed by atoms with van der Waals surface area (Å²) >= 11 is -1.42. The van der Waals surface area contributed by atoms with Crippen molar-refractivity contribution in [3.8, 4) is 0 Å². The van der Waals surface area contributed by atoms with E-state index in [9.17, 15) is 0 Å². The molecule has 0 atom stereocenters. The van der Waals surface area contributed by atoms with Crippen LogP contribution in [0.5, 0.6) is 0 Å². The van der Waals surface area contributed by atoms with Gasteiger partial charge in [0.1, 0.15) is 0 Å². The summed E-state index contributed by atoms with van der Waals surface area (Å²) in [5.41, 5.74) is 8.37. The maximum atomic E-state index is 5.59. The average Bonchev–Trinajstić information content (AvgIpc) is 2.82. The Balaban J connectivity index is 0.000000306. The van der Waals surface area contributed by atoms with E-state index in [-0.39, 0.29) is 6.19 Å². The van der Waals surface area contributed by atoms with Gasteiger partial charge in [0.2, 0.25) is 0 Å². The van der Waals surface area contributed by atoms with Crippen LogP contribution < -0.4 is 0 Å². The summed E-state index contributed by atoms with van der Waals surface area (Å²) in [5.74, 6) is 0. The van der Waals surface area contributed by atoms with E-state index in [1.807, 2.05) is 0 Å². The first-order chi connectivity index (χ1) is 10.0. The Morgan fingerprint density at radius 1 is 0.773 bits per heavy atom.